The quantitative estimate of drug-likeness (QED) is 0.470. The first-order valence-electron chi connectivity index (χ1n) is 9.83. The summed E-state index contributed by atoms with van der Waals surface area (Å²) < 4.78 is 78.6. The average molecular weight is 561 g/mol. The summed E-state index contributed by atoms with van der Waals surface area (Å²) in [6.45, 7) is 1.49. The van der Waals surface area contributed by atoms with Gasteiger partial charge in [0.1, 0.15) is 10.6 Å². The van der Waals surface area contributed by atoms with E-state index in [0.717, 1.165) is 16.6 Å². The summed E-state index contributed by atoms with van der Waals surface area (Å²) in [5.41, 5.74) is 0.637. The Morgan fingerprint density at radius 2 is 1.76 bits per heavy atom. The normalized spacial score (nSPS) is 14.6. The average Bonchev–Trinajstić information content (AvgIpc) is 2.97. The molecule has 0 fully saturated rings. The van der Waals surface area contributed by atoms with Crippen LogP contribution in [0, 0.1) is 0 Å². The van der Waals surface area contributed by atoms with Gasteiger partial charge >= 0.3 is 6.18 Å². The minimum absolute atomic E-state index is 0.00557. The summed E-state index contributed by atoms with van der Waals surface area (Å²) in [4.78, 5) is 12.5. The number of hydrogen-bond donors (Lipinski definition) is 2. The van der Waals surface area contributed by atoms with Crippen molar-refractivity contribution in [1.82, 2.24) is 0 Å². The molecule has 0 unspecified atom stereocenters. The highest BCUT2D eigenvalue weighted by molar-refractivity contribution is 9.10. The van der Waals surface area contributed by atoms with Crippen molar-refractivity contribution >= 4 is 43.2 Å². The molecule has 7 nitrogen and oxygen atoms in total. The molecular weight excluding hydrogens is 541 g/mol. The molecule has 1 heterocycles. The Kier molecular flexibility index (Phi) is 7.61. The summed E-state index contributed by atoms with van der Waals surface area (Å²) in [5, 5.41) is 2.41. The van der Waals surface area contributed by atoms with E-state index in [4.69, 9.17) is 9.47 Å². The Morgan fingerprint density at radius 3 is 2.38 bits per heavy atom. The number of anilines is 2. The molecule has 0 aromatic heterocycles. The SMILES string of the molecule is COc1ccc(NC(=O)C2=C(C)CCC=C(C(F)(F)F)O2)cc1S(=O)(=O)Nc1ccc(Br)cc1. The summed E-state index contributed by atoms with van der Waals surface area (Å²) >= 11 is 3.26. The summed E-state index contributed by atoms with van der Waals surface area (Å²) in [6.07, 6.45) is -3.61. The third-order valence-electron chi connectivity index (χ3n) is 4.74. The molecule has 0 saturated heterocycles. The highest BCUT2D eigenvalue weighted by atomic mass is 79.9. The molecule has 182 valence electrons. The molecule has 0 spiro atoms. The van der Waals surface area contributed by atoms with Crippen LogP contribution < -0.4 is 14.8 Å². The number of alkyl halides is 3. The Balaban J connectivity index is 1.88. The first-order valence-corrected chi connectivity index (χ1v) is 12.1. The first-order chi connectivity index (χ1) is 15.9. The highest BCUT2D eigenvalue weighted by Gasteiger charge is 2.38. The molecule has 0 bridgehead atoms. The van der Waals surface area contributed by atoms with Crippen molar-refractivity contribution in [2.45, 2.75) is 30.8 Å². The first kappa shape index (κ1) is 25.6. The second-order valence-electron chi connectivity index (χ2n) is 7.25. The number of methoxy groups -OCH3 is 1. The van der Waals surface area contributed by atoms with Gasteiger partial charge in [-0.2, -0.15) is 13.2 Å². The molecule has 0 atom stereocenters. The van der Waals surface area contributed by atoms with E-state index in [-0.39, 0.29) is 29.2 Å². The van der Waals surface area contributed by atoms with Crippen LogP contribution in [0.2, 0.25) is 0 Å². The van der Waals surface area contributed by atoms with Gasteiger partial charge < -0.3 is 14.8 Å². The van der Waals surface area contributed by atoms with Gasteiger partial charge in [-0.25, -0.2) is 8.42 Å². The number of ether oxygens (including phenoxy) is 2. The number of allylic oxidation sites excluding steroid dienone is 3. The van der Waals surface area contributed by atoms with E-state index in [0.29, 0.717) is 11.3 Å². The Bertz CT molecular complexity index is 1260. The fraction of sp³-hybridized carbons (Fsp3) is 0.227. The van der Waals surface area contributed by atoms with Crippen molar-refractivity contribution in [2.24, 2.45) is 0 Å². The molecule has 3 rings (SSSR count). The van der Waals surface area contributed by atoms with E-state index in [1.165, 1.54) is 26.2 Å². The Hall–Kier alpha value is -2.99. The minimum atomic E-state index is -4.75. The topological polar surface area (TPSA) is 93.7 Å². The fourth-order valence-electron chi connectivity index (χ4n) is 3.07. The maximum atomic E-state index is 13.1. The second kappa shape index (κ2) is 10.1. The van der Waals surface area contributed by atoms with Gasteiger partial charge in [0, 0.05) is 15.8 Å². The number of hydrogen-bond acceptors (Lipinski definition) is 5. The van der Waals surface area contributed by atoms with E-state index in [1.54, 1.807) is 24.3 Å². The molecule has 2 aromatic carbocycles. The van der Waals surface area contributed by atoms with E-state index in [1.807, 2.05) is 0 Å². The van der Waals surface area contributed by atoms with Crippen molar-refractivity contribution < 1.29 is 35.9 Å². The van der Waals surface area contributed by atoms with Crippen molar-refractivity contribution in [3.8, 4) is 5.75 Å². The molecule has 1 aliphatic rings. The lowest BCUT2D eigenvalue weighted by molar-refractivity contribution is -0.130. The van der Waals surface area contributed by atoms with E-state index in [9.17, 15) is 26.4 Å². The molecule has 1 aliphatic heterocycles. The van der Waals surface area contributed by atoms with Gasteiger partial charge in [-0.1, -0.05) is 15.9 Å². The van der Waals surface area contributed by atoms with Crippen molar-refractivity contribution in [3.05, 3.63) is 70.1 Å². The number of carbonyl (C=O) groups excluding carboxylic acids is 1. The lowest BCUT2D eigenvalue weighted by atomic mass is 10.1. The van der Waals surface area contributed by atoms with E-state index in [2.05, 4.69) is 26.0 Å². The zero-order valence-corrected chi connectivity index (χ0v) is 20.4. The number of carbonyl (C=O) groups is 1. The van der Waals surface area contributed by atoms with Gasteiger partial charge in [0.2, 0.25) is 5.76 Å². The highest BCUT2D eigenvalue weighted by Crippen LogP contribution is 2.34. The molecule has 0 aliphatic carbocycles. The van der Waals surface area contributed by atoms with Crippen LogP contribution in [0.5, 0.6) is 5.75 Å². The number of amides is 1. The summed E-state index contributed by atoms with van der Waals surface area (Å²) in [7, 11) is -2.86. The number of rotatable bonds is 6. The predicted octanol–water partition coefficient (Wildman–Crippen LogP) is 5.73. The minimum Gasteiger partial charge on any atom is -0.495 e. The van der Waals surface area contributed by atoms with Crippen molar-refractivity contribution in [3.63, 3.8) is 0 Å². The van der Waals surface area contributed by atoms with Gasteiger partial charge in [-0.3, -0.25) is 9.52 Å². The largest absolute Gasteiger partial charge is 0.495 e. The summed E-state index contributed by atoms with van der Waals surface area (Å²) in [5.74, 6) is -2.70. The molecule has 0 radical (unpaired) electrons. The zero-order valence-electron chi connectivity index (χ0n) is 18.0. The third-order valence-corrected chi connectivity index (χ3v) is 6.67. The fourth-order valence-corrected chi connectivity index (χ4v) is 4.59. The van der Waals surface area contributed by atoms with Crippen LogP contribution in [-0.2, 0) is 19.6 Å². The second-order valence-corrected chi connectivity index (χ2v) is 9.81. The molecule has 2 N–H and O–H groups in total. The lowest BCUT2D eigenvalue weighted by Crippen LogP contribution is -2.22. The standard InChI is InChI=1S/C22H20BrF3N2O5S/c1-13-4-3-5-19(22(24,25)26)33-20(13)21(29)27-16-10-11-17(32-2)18(12-16)34(30,31)28-15-8-6-14(23)7-9-15/h5-12,28H,3-4H2,1-2H3,(H,27,29). The predicted molar refractivity (Wildman–Crippen MR) is 124 cm³/mol. The molecule has 12 heteroatoms. The number of sulfonamides is 1. The molecule has 1 amide bonds. The van der Waals surface area contributed by atoms with Crippen LogP contribution >= 0.6 is 15.9 Å². The van der Waals surface area contributed by atoms with Crippen LogP contribution in [0.25, 0.3) is 0 Å². The van der Waals surface area contributed by atoms with E-state index >= 15 is 0 Å². The molecular formula is C22H20BrF3N2O5S. The number of benzene rings is 2. The molecule has 2 aromatic rings. The maximum Gasteiger partial charge on any atom is 0.449 e. The smallest absolute Gasteiger partial charge is 0.449 e. The van der Waals surface area contributed by atoms with Crippen LogP contribution in [-0.4, -0.2) is 27.6 Å². The van der Waals surface area contributed by atoms with Crippen LogP contribution in [0.15, 0.2) is 75.0 Å². The van der Waals surface area contributed by atoms with Crippen LogP contribution in [0.4, 0.5) is 24.5 Å². The van der Waals surface area contributed by atoms with Crippen molar-refractivity contribution in [2.75, 3.05) is 17.1 Å². The lowest BCUT2D eigenvalue weighted by Gasteiger charge is -2.17. The van der Waals surface area contributed by atoms with E-state index < -0.39 is 33.6 Å². The van der Waals surface area contributed by atoms with Gasteiger partial charge in [0.15, 0.2) is 5.76 Å². The summed E-state index contributed by atoms with van der Waals surface area (Å²) in [6, 6.07) is 10.2. The Labute approximate surface area is 202 Å². The number of nitrogens with one attached hydrogen (secondary N) is 2. The van der Waals surface area contributed by atoms with Gasteiger partial charge in [-0.15, -0.1) is 0 Å². The number of halogens is 4. The maximum absolute atomic E-state index is 13.1. The van der Waals surface area contributed by atoms with Gasteiger partial charge in [0.25, 0.3) is 15.9 Å². The third kappa shape index (κ3) is 6.11. The van der Waals surface area contributed by atoms with Crippen LogP contribution in [0.3, 0.4) is 0 Å². The van der Waals surface area contributed by atoms with Crippen LogP contribution in [0.1, 0.15) is 19.8 Å². The molecule has 34 heavy (non-hydrogen) atoms. The van der Waals surface area contributed by atoms with Gasteiger partial charge in [0.05, 0.1) is 7.11 Å². The molecule has 0 saturated carbocycles. The Morgan fingerprint density at radius 1 is 1.12 bits per heavy atom. The zero-order chi connectivity index (χ0) is 25.1. The van der Waals surface area contributed by atoms with Gasteiger partial charge in [-0.05, 0) is 73.9 Å². The van der Waals surface area contributed by atoms with Crippen molar-refractivity contribution in [1.29, 1.82) is 0 Å². The monoisotopic (exact) mass is 560 g/mol.